The number of rotatable bonds is 5. The molecule has 1 aromatic carbocycles. The number of nitrogens with one attached hydrogen (secondary N) is 2. The smallest absolute Gasteiger partial charge is 0.342 e. The zero-order valence-corrected chi connectivity index (χ0v) is 13.6. The highest BCUT2D eigenvalue weighted by Gasteiger charge is 2.20. The van der Waals surface area contributed by atoms with Gasteiger partial charge < -0.3 is 9.64 Å². The van der Waals surface area contributed by atoms with Gasteiger partial charge in [-0.3, -0.25) is 14.7 Å². The Balaban J connectivity index is 1.49. The molecule has 0 amide bonds. The van der Waals surface area contributed by atoms with E-state index in [9.17, 15) is 9.59 Å². The number of para-hydroxylation sites is 1. The first-order chi connectivity index (χ1) is 12.2. The third-order valence-corrected chi connectivity index (χ3v) is 4.04. The summed E-state index contributed by atoms with van der Waals surface area (Å²) in [5, 5.41) is 15.1. The van der Waals surface area contributed by atoms with Gasteiger partial charge in [0, 0.05) is 32.7 Å². The molecule has 9 heteroatoms. The summed E-state index contributed by atoms with van der Waals surface area (Å²) >= 11 is 0. The number of anilines is 1. The lowest BCUT2D eigenvalue weighted by atomic mass is 10.2. The molecule has 0 saturated carbocycles. The number of hydrogen-bond donors (Lipinski definition) is 2. The van der Waals surface area contributed by atoms with Crippen molar-refractivity contribution in [3.05, 3.63) is 50.7 Å². The van der Waals surface area contributed by atoms with Crippen LogP contribution in [-0.2, 0) is 0 Å². The second kappa shape index (κ2) is 7.63. The molecule has 1 aromatic heterocycles. The maximum atomic E-state index is 11.8. The van der Waals surface area contributed by atoms with Crippen molar-refractivity contribution in [3.8, 4) is 11.8 Å². The molecule has 1 aliphatic heterocycles. The van der Waals surface area contributed by atoms with E-state index in [1.54, 1.807) is 18.2 Å². The van der Waals surface area contributed by atoms with E-state index in [1.807, 2.05) is 11.0 Å². The predicted octanol–water partition coefficient (Wildman–Crippen LogP) is -0.469. The largest absolute Gasteiger partial charge is 0.491 e. The zero-order chi connectivity index (χ0) is 17.6. The molecule has 0 spiro atoms. The number of nitriles is 1. The second-order valence-electron chi connectivity index (χ2n) is 5.62. The molecule has 2 aromatic rings. The standard InChI is InChI=1S/C16H18N6O3/c17-11-12-3-1-2-4-13(12)25-10-9-21-5-7-22(8-6-21)14-15(23)18-16(24)20-19-14/h1-4H,5-10H2,(H2,18,20,23,24). The average molecular weight is 342 g/mol. The van der Waals surface area contributed by atoms with E-state index in [2.05, 4.69) is 26.2 Å². The van der Waals surface area contributed by atoms with Gasteiger partial charge in [0.05, 0.1) is 5.56 Å². The molecule has 130 valence electrons. The summed E-state index contributed by atoms with van der Waals surface area (Å²) in [4.78, 5) is 29.0. The van der Waals surface area contributed by atoms with Gasteiger partial charge in [0.2, 0.25) is 5.82 Å². The molecule has 2 N–H and O–H groups in total. The topological polar surface area (TPSA) is 118 Å². The van der Waals surface area contributed by atoms with Crippen LogP contribution < -0.4 is 20.9 Å². The maximum Gasteiger partial charge on any atom is 0.342 e. The van der Waals surface area contributed by atoms with Gasteiger partial charge in [-0.15, -0.1) is 5.10 Å². The molecule has 1 saturated heterocycles. The van der Waals surface area contributed by atoms with Gasteiger partial charge in [0.15, 0.2) is 0 Å². The molecule has 25 heavy (non-hydrogen) atoms. The fourth-order valence-corrected chi connectivity index (χ4v) is 2.71. The lowest BCUT2D eigenvalue weighted by Crippen LogP contribution is -2.49. The molecular formula is C16H18N6O3. The Bertz CT molecular complexity index is 876. The zero-order valence-electron chi connectivity index (χ0n) is 13.6. The maximum absolute atomic E-state index is 11.8. The Morgan fingerprint density at radius 3 is 2.68 bits per heavy atom. The number of benzene rings is 1. The Labute approximate surface area is 143 Å². The summed E-state index contributed by atoms with van der Waals surface area (Å²) in [6.07, 6.45) is 0. The minimum Gasteiger partial charge on any atom is -0.491 e. The van der Waals surface area contributed by atoms with Gasteiger partial charge in [-0.1, -0.05) is 12.1 Å². The molecule has 3 rings (SSSR count). The summed E-state index contributed by atoms with van der Waals surface area (Å²) in [5.41, 5.74) is -0.563. The highest BCUT2D eigenvalue weighted by Crippen LogP contribution is 2.16. The minimum atomic E-state index is -0.609. The van der Waals surface area contributed by atoms with Crippen molar-refractivity contribution in [3.63, 3.8) is 0 Å². The van der Waals surface area contributed by atoms with Gasteiger partial charge in [-0.2, -0.15) is 5.26 Å². The molecule has 0 atom stereocenters. The number of aromatic amines is 2. The van der Waals surface area contributed by atoms with E-state index in [-0.39, 0.29) is 5.82 Å². The van der Waals surface area contributed by atoms with E-state index in [4.69, 9.17) is 10.00 Å². The van der Waals surface area contributed by atoms with Crippen LogP contribution in [0.25, 0.3) is 0 Å². The number of ether oxygens (including phenoxy) is 1. The Hall–Kier alpha value is -3.12. The van der Waals surface area contributed by atoms with Crippen LogP contribution in [0.1, 0.15) is 5.56 Å². The van der Waals surface area contributed by atoms with E-state index in [1.165, 1.54) is 0 Å². The van der Waals surface area contributed by atoms with Crippen LogP contribution in [0.4, 0.5) is 5.82 Å². The molecule has 0 radical (unpaired) electrons. The van der Waals surface area contributed by atoms with Gasteiger partial charge >= 0.3 is 5.69 Å². The number of hydrogen-bond acceptors (Lipinski definition) is 7. The number of nitrogens with zero attached hydrogens (tertiary/aromatic N) is 4. The predicted molar refractivity (Wildman–Crippen MR) is 90.8 cm³/mol. The molecule has 0 aliphatic carbocycles. The van der Waals surface area contributed by atoms with Crippen molar-refractivity contribution in [1.82, 2.24) is 20.1 Å². The van der Waals surface area contributed by atoms with E-state index < -0.39 is 11.2 Å². The molecule has 9 nitrogen and oxygen atoms in total. The fourth-order valence-electron chi connectivity index (χ4n) is 2.71. The highest BCUT2D eigenvalue weighted by molar-refractivity contribution is 5.42. The van der Waals surface area contributed by atoms with Gasteiger partial charge in [0.1, 0.15) is 18.4 Å². The molecule has 0 bridgehead atoms. The van der Waals surface area contributed by atoms with Crippen LogP contribution >= 0.6 is 0 Å². The summed E-state index contributed by atoms with van der Waals surface area (Å²) in [5.74, 6) is 0.825. The highest BCUT2D eigenvalue weighted by atomic mass is 16.5. The first-order valence-corrected chi connectivity index (χ1v) is 7.95. The van der Waals surface area contributed by atoms with Crippen LogP contribution in [0.15, 0.2) is 33.9 Å². The lowest BCUT2D eigenvalue weighted by molar-refractivity contribution is 0.200. The first-order valence-electron chi connectivity index (χ1n) is 7.95. The summed E-state index contributed by atoms with van der Waals surface area (Å²) in [6.45, 7) is 3.99. The van der Waals surface area contributed by atoms with Crippen molar-refractivity contribution in [2.45, 2.75) is 0 Å². The molecule has 0 unspecified atom stereocenters. The fraction of sp³-hybridized carbons (Fsp3) is 0.375. The van der Waals surface area contributed by atoms with E-state index in [0.717, 1.165) is 19.6 Å². The number of aromatic nitrogens is 3. The SMILES string of the molecule is N#Cc1ccccc1OCCN1CCN(c2n[nH]c(=O)[nH]c2=O)CC1. The molecular weight excluding hydrogens is 324 g/mol. The van der Waals surface area contributed by atoms with Crippen LogP contribution in [0.5, 0.6) is 5.75 Å². The third kappa shape index (κ3) is 4.05. The van der Waals surface area contributed by atoms with Crippen molar-refractivity contribution in [1.29, 1.82) is 5.26 Å². The molecule has 1 aliphatic rings. The van der Waals surface area contributed by atoms with Crippen molar-refractivity contribution in [2.75, 3.05) is 44.2 Å². The Morgan fingerprint density at radius 2 is 1.96 bits per heavy atom. The number of piperazine rings is 1. The lowest BCUT2D eigenvalue weighted by Gasteiger charge is -2.34. The molecule has 2 heterocycles. The van der Waals surface area contributed by atoms with Crippen molar-refractivity contribution in [2.24, 2.45) is 0 Å². The van der Waals surface area contributed by atoms with Crippen LogP contribution in [0, 0.1) is 11.3 Å². The monoisotopic (exact) mass is 342 g/mol. The van der Waals surface area contributed by atoms with E-state index in [0.29, 0.717) is 31.0 Å². The quantitative estimate of drug-likeness (QED) is 0.754. The number of H-pyrrole nitrogens is 2. The first kappa shape index (κ1) is 16.7. The van der Waals surface area contributed by atoms with Gasteiger partial charge in [-0.05, 0) is 12.1 Å². The molecule has 1 fully saturated rings. The Kier molecular flexibility index (Phi) is 5.11. The van der Waals surface area contributed by atoms with Crippen molar-refractivity contribution >= 4 is 5.82 Å². The van der Waals surface area contributed by atoms with E-state index >= 15 is 0 Å². The minimum absolute atomic E-state index is 0.235. The van der Waals surface area contributed by atoms with Gasteiger partial charge in [0.25, 0.3) is 5.56 Å². The van der Waals surface area contributed by atoms with Gasteiger partial charge in [-0.25, -0.2) is 9.89 Å². The second-order valence-corrected chi connectivity index (χ2v) is 5.62. The summed E-state index contributed by atoms with van der Waals surface area (Å²) in [7, 11) is 0. The van der Waals surface area contributed by atoms with Crippen LogP contribution in [0.2, 0.25) is 0 Å². The summed E-state index contributed by atoms with van der Waals surface area (Å²) < 4.78 is 5.69. The van der Waals surface area contributed by atoms with Crippen LogP contribution in [0.3, 0.4) is 0 Å². The Morgan fingerprint density at radius 1 is 1.20 bits per heavy atom. The van der Waals surface area contributed by atoms with Crippen molar-refractivity contribution < 1.29 is 4.74 Å². The summed E-state index contributed by atoms with van der Waals surface area (Å²) in [6, 6.07) is 9.25. The average Bonchev–Trinajstić information content (AvgIpc) is 2.63. The normalized spacial score (nSPS) is 14.9. The third-order valence-electron chi connectivity index (χ3n) is 4.04. The van der Waals surface area contributed by atoms with Crippen LogP contribution in [-0.4, -0.2) is 59.4 Å².